The van der Waals surface area contributed by atoms with Crippen molar-refractivity contribution in [3.05, 3.63) is 99.5 Å². The number of carbonyl (C=O) groups is 2. The van der Waals surface area contributed by atoms with Gasteiger partial charge in [0.2, 0.25) is 21.8 Å². The Labute approximate surface area is 228 Å². The van der Waals surface area contributed by atoms with Gasteiger partial charge in [0.15, 0.2) is 0 Å². The van der Waals surface area contributed by atoms with Crippen molar-refractivity contribution < 1.29 is 18.0 Å². The summed E-state index contributed by atoms with van der Waals surface area (Å²) in [7, 11) is -2.36. The van der Waals surface area contributed by atoms with Crippen molar-refractivity contribution in [3.8, 4) is 0 Å². The lowest BCUT2D eigenvalue weighted by Crippen LogP contribution is -2.52. The maximum Gasteiger partial charge on any atom is 0.244 e. The number of halogens is 2. The molecule has 0 aliphatic carbocycles. The molecule has 0 aliphatic heterocycles. The van der Waals surface area contributed by atoms with Gasteiger partial charge < -0.3 is 10.2 Å². The number of likely N-dealkylation sites (N-methyl/N-ethyl adjacent to an activating group) is 1. The van der Waals surface area contributed by atoms with Crippen LogP contribution in [0.1, 0.15) is 16.7 Å². The highest BCUT2D eigenvalue weighted by molar-refractivity contribution is 7.92. The SMILES string of the molecule is CNC(=O)[C@@H](Cc1ccccc1)N(Cc1cccc(Cl)c1)C(=O)CN(c1ccc(C)c(Cl)c1)S(C)(=O)=O. The van der Waals surface area contributed by atoms with Gasteiger partial charge in [0, 0.05) is 30.1 Å². The zero-order valence-corrected chi connectivity index (χ0v) is 23.1. The van der Waals surface area contributed by atoms with Crippen LogP contribution in [0.15, 0.2) is 72.8 Å². The third-order valence-corrected chi connectivity index (χ3v) is 7.66. The van der Waals surface area contributed by atoms with E-state index in [0.29, 0.717) is 15.6 Å². The molecule has 0 unspecified atom stereocenters. The summed E-state index contributed by atoms with van der Waals surface area (Å²) in [6.07, 6.45) is 1.26. The van der Waals surface area contributed by atoms with Gasteiger partial charge in [0.1, 0.15) is 12.6 Å². The summed E-state index contributed by atoms with van der Waals surface area (Å²) in [5, 5.41) is 3.50. The predicted molar refractivity (Wildman–Crippen MR) is 148 cm³/mol. The van der Waals surface area contributed by atoms with Crippen molar-refractivity contribution >= 4 is 50.7 Å². The summed E-state index contributed by atoms with van der Waals surface area (Å²) in [6.45, 7) is 1.34. The van der Waals surface area contributed by atoms with E-state index in [1.165, 1.54) is 18.0 Å². The molecule has 1 N–H and O–H groups in total. The third kappa shape index (κ3) is 7.71. The number of carbonyl (C=O) groups excluding carboxylic acids is 2. The molecule has 1 atom stereocenters. The Morgan fingerprint density at radius 3 is 2.22 bits per heavy atom. The molecule has 3 aromatic rings. The first kappa shape index (κ1) is 28.5. The van der Waals surface area contributed by atoms with E-state index in [1.54, 1.807) is 43.3 Å². The molecule has 0 saturated carbocycles. The quantitative estimate of drug-likeness (QED) is 0.396. The van der Waals surface area contributed by atoms with Crippen LogP contribution in [0.3, 0.4) is 0 Å². The third-order valence-electron chi connectivity index (χ3n) is 5.88. The average molecular weight is 563 g/mol. The Bertz CT molecular complexity index is 1370. The number of hydrogen-bond acceptors (Lipinski definition) is 4. The number of rotatable bonds is 10. The first-order valence-electron chi connectivity index (χ1n) is 11.5. The van der Waals surface area contributed by atoms with Crippen LogP contribution in [0.5, 0.6) is 0 Å². The van der Waals surface area contributed by atoms with E-state index < -0.39 is 28.5 Å². The molecular formula is C27H29Cl2N3O4S. The minimum absolute atomic E-state index is 0.0522. The second kappa shape index (κ2) is 12.4. The Kier molecular flexibility index (Phi) is 9.59. The zero-order chi connectivity index (χ0) is 27.2. The summed E-state index contributed by atoms with van der Waals surface area (Å²) in [6, 6.07) is 20.2. The molecule has 7 nitrogen and oxygen atoms in total. The molecule has 0 spiro atoms. The lowest BCUT2D eigenvalue weighted by molar-refractivity contribution is -0.139. The van der Waals surface area contributed by atoms with Gasteiger partial charge in [-0.1, -0.05) is 71.7 Å². The topological polar surface area (TPSA) is 86.8 Å². The molecular weight excluding hydrogens is 533 g/mol. The number of sulfonamides is 1. The largest absolute Gasteiger partial charge is 0.357 e. The number of nitrogens with zero attached hydrogens (tertiary/aromatic N) is 2. The molecule has 0 bridgehead atoms. The highest BCUT2D eigenvalue weighted by atomic mass is 35.5. The van der Waals surface area contributed by atoms with E-state index in [-0.39, 0.29) is 24.6 Å². The van der Waals surface area contributed by atoms with E-state index in [2.05, 4.69) is 5.32 Å². The number of anilines is 1. The van der Waals surface area contributed by atoms with Crippen molar-refractivity contribution in [2.75, 3.05) is 24.2 Å². The normalized spacial score (nSPS) is 12.0. The van der Waals surface area contributed by atoms with E-state index in [4.69, 9.17) is 23.2 Å². The number of amides is 2. The highest BCUT2D eigenvalue weighted by Gasteiger charge is 2.32. The van der Waals surface area contributed by atoms with Crippen molar-refractivity contribution in [1.29, 1.82) is 0 Å². The van der Waals surface area contributed by atoms with E-state index in [9.17, 15) is 18.0 Å². The van der Waals surface area contributed by atoms with E-state index in [1.807, 2.05) is 30.3 Å². The zero-order valence-electron chi connectivity index (χ0n) is 20.8. The smallest absolute Gasteiger partial charge is 0.244 e. The Balaban J connectivity index is 2.04. The second-order valence-corrected chi connectivity index (χ2v) is 11.4. The molecule has 0 aliphatic rings. The van der Waals surface area contributed by atoms with Crippen molar-refractivity contribution in [2.45, 2.75) is 25.9 Å². The fourth-order valence-electron chi connectivity index (χ4n) is 3.90. The fraction of sp³-hybridized carbons (Fsp3) is 0.259. The van der Waals surface area contributed by atoms with E-state index in [0.717, 1.165) is 21.7 Å². The Morgan fingerprint density at radius 2 is 1.62 bits per heavy atom. The molecule has 10 heteroatoms. The molecule has 3 rings (SSSR count). The highest BCUT2D eigenvalue weighted by Crippen LogP contribution is 2.26. The van der Waals surface area contributed by atoms with Crippen LogP contribution in [0.25, 0.3) is 0 Å². The molecule has 37 heavy (non-hydrogen) atoms. The summed E-state index contributed by atoms with van der Waals surface area (Å²) in [4.78, 5) is 28.3. The number of nitrogens with one attached hydrogen (secondary N) is 1. The van der Waals surface area contributed by atoms with Gasteiger partial charge in [-0.05, 0) is 47.9 Å². The summed E-state index contributed by atoms with van der Waals surface area (Å²) < 4.78 is 26.5. The van der Waals surface area contributed by atoms with Gasteiger partial charge >= 0.3 is 0 Å². The maximum absolute atomic E-state index is 13.8. The number of benzene rings is 3. The fourth-order valence-corrected chi connectivity index (χ4v) is 5.13. The van der Waals surface area contributed by atoms with Gasteiger partial charge in [0.05, 0.1) is 11.9 Å². The minimum Gasteiger partial charge on any atom is -0.357 e. The van der Waals surface area contributed by atoms with Gasteiger partial charge in [-0.2, -0.15) is 0 Å². The lowest BCUT2D eigenvalue weighted by atomic mass is 10.0. The monoisotopic (exact) mass is 561 g/mol. The van der Waals surface area contributed by atoms with Crippen molar-refractivity contribution in [2.24, 2.45) is 0 Å². The Morgan fingerprint density at radius 1 is 0.946 bits per heavy atom. The van der Waals surface area contributed by atoms with Gasteiger partial charge in [-0.25, -0.2) is 8.42 Å². The molecule has 196 valence electrons. The lowest BCUT2D eigenvalue weighted by Gasteiger charge is -2.33. The molecule has 2 amide bonds. The molecule has 0 radical (unpaired) electrons. The first-order chi connectivity index (χ1) is 17.5. The van der Waals surface area contributed by atoms with Gasteiger partial charge in [0.25, 0.3) is 0 Å². The molecule has 0 aromatic heterocycles. The van der Waals surface area contributed by atoms with Crippen LogP contribution in [0.4, 0.5) is 5.69 Å². The van der Waals surface area contributed by atoms with Crippen LogP contribution >= 0.6 is 23.2 Å². The summed E-state index contributed by atoms with van der Waals surface area (Å²) in [5.41, 5.74) is 2.58. The number of aryl methyl sites for hydroxylation is 1. The summed E-state index contributed by atoms with van der Waals surface area (Å²) >= 11 is 12.4. The molecule has 0 heterocycles. The maximum atomic E-state index is 13.8. The van der Waals surface area contributed by atoms with Gasteiger partial charge in [-0.3, -0.25) is 13.9 Å². The van der Waals surface area contributed by atoms with E-state index >= 15 is 0 Å². The average Bonchev–Trinajstić information content (AvgIpc) is 2.86. The molecule has 3 aromatic carbocycles. The van der Waals surface area contributed by atoms with Crippen LogP contribution in [0, 0.1) is 6.92 Å². The number of hydrogen-bond donors (Lipinski definition) is 1. The van der Waals surface area contributed by atoms with Crippen LogP contribution < -0.4 is 9.62 Å². The molecule has 0 saturated heterocycles. The molecule has 0 fully saturated rings. The second-order valence-electron chi connectivity index (χ2n) is 8.67. The standard InChI is InChI=1S/C27H29Cl2N3O4S/c1-19-12-13-23(16-24(19)29)32(37(3,35)36)18-26(33)31(17-21-10-7-11-22(28)14-21)25(27(34)30-2)15-20-8-5-4-6-9-20/h4-14,16,25H,15,17-18H2,1-3H3,(H,30,34)/t25-/m1/s1. The van der Waals surface area contributed by atoms with Crippen molar-refractivity contribution in [3.63, 3.8) is 0 Å². The van der Waals surface area contributed by atoms with Crippen LogP contribution in [0.2, 0.25) is 10.0 Å². The van der Waals surface area contributed by atoms with Gasteiger partial charge in [-0.15, -0.1) is 0 Å². The predicted octanol–water partition coefficient (Wildman–Crippen LogP) is 4.45. The minimum atomic E-state index is -3.86. The van der Waals surface area contributed by atoms with Crippen LogP contribution in [-0.4, -0.2) is 51.0 Å². The van der Waals surface area contributed by atoms with Crippen molar-refractivity contribution in [1.82, 2.24) is 10.2 Å². The summed E-state index contributed by atoms with van der Waals surface area (Å²) in [5.74, 6) is -0.921. The van der Waals surface area contributed by atoms with Crippen LogP contribution in [-0.2, 0) is 32.6 Å². The Hall–Kier alpha value is -3.07. The first-order valence-corrected chi connectivity index (χ1v) is 14.1.